The van der Waals surface area contributed by atoms with Crippen LogP contribution in [0.15, 0.2) is 24.3 Å². The van der Waals surface area contributed by atoms with Gasteiger partial charge in [0.05, 0.1) is 25.5 Å². The summed E-state index contributed by atoms with van der Waals surface area (Å²) in [5.74, 6) is 0.0507. The molecule has 1 saturated carbocycles. The summed E-state index contributed by atoms with van der Waals surface area (Å²) in [6, 6.07) is 6.96. The van der Waals surface area contributed by atoms with Crippen molar-refractivity contribution in [2.75, 3.05) is 32.7 Å². The summed E-state index contributed by atoms with van der Waals surface area (Å²) < 4.78 is 10.2. The third-order valence-corrected chi connectivity index (χ3v) is 9.14. The van der Waals surface area contributed by atoms with Gasteiger partial charge in [-0.1, -0.05) is 20.8 Å². The zero-order valence-electron chi connectivity index (χ0n) is 21.7. The summed E-state index contributed by atoms with van der Waals surface area (Å²) in [6.07, 6.45) is 1.94. The predicted octanol–water partition coefficient (Wildman–Crippen LogP) is 3.86. The van der Waals surface area contributed by atoms with Gasteiger partial charge in [0.15, 0.2) is 5.13 Å². The topological polar surface area (TPSA) is 110 Å². The zero-order valence-corrected chi connectivity index (χ0v) is 22.5. The molecule has 9 heteroatoms. The molecule has 2 aliphatic rings. The lowest BCUT2D eigenvalue weighted by molar-refractivity contribution is -0.135. The molecule has 1 aromatic carbocycles. The van der Waals surface area contributed by atoms with Crippen LogP contribution in [0.3, 0.4) is 0 Å². The van der Waals surface area contributed by atoms with Crippen LogP contribution in [0.1, 0.15) is 60.5 Å². The quantitative estimate of drug-likeness (QED) is 0.461. The van der Waals surface area contributed by atoms with E-state index in [9.17, 15) is 14.7 Å². The molecule has 0 saturated heterocycles. The molecule has 0 spiro atoms. The fraction of sp³-hybridized carbons (Fsp3) is 0.593. The number of carbonyl (C=O) groups is 2. The smallest absolute Gasteiger partial charge is 0.257 e. The standard InChI is InChI=1S/C27H37N3O5S/c1-15(24(32)28-12-13-34-4)19-10-11-27(3)14-20-22(16(2)21(27)23(19)31)29-26(36-20)30-25(33)17-6-8-18(35-5)9-7-17/h6-9,15-16,19,21,23,31H,10-14H2,1-5H3,(H,28,32)(H,29,30,33)/t15-,16-,19+,21+,23-,27-/m0/s1. The second-order valence-electron chi connectivity index (χ2n) is 10.4. The Morgan fingerprint density at radius 1 is 1.28 bits per heavy atom. The maximum Gasteiger partial charge on any atom is 0.257 e. The number of thiazole rings is 1. The van der Waals surface area contributed by atoms with Gasteiger partial charge in [-0.15, -0.1) is 11.3 Å². The molecule has 8 nitrogen and oxygen atoms in total. The van der Waals surface area contributed by atoms with Gasteiger partial charge in [-0.2, -0.15) is 0 Å². The van der Waals surface area contributed by atoms with Gasteiger partial charge in [-0.3, -0.25) is 14.9 Å². The molecule has 3 N–H and O–H groups in total. The molecular weight excluding hydrogens is 478 g/mol. The molecule has 0 unspecified atom stereocenters. The van der Waals surface area contributed by atoms with Crippen LogP contribution in [0.5, 0.6) is 5.75 Å². The third kappa shape index (κ3) is 5.14. The number of benzene rings is 1. The van der Waals surface area contributed by atoms with Crippen molar-refractivity contribution in [3.05, 3.63) is 40.4 Å². The monoisotopic (exact) mass is 515 g/mol. The molecule has 6 atom stereocenters. The largest absolute Gasteiger partial charge is 0.497 e. The first-order valence-corrected chi connectivity index (χ1v) is 13.4. The lowest BCUT2D eigenvalue weighted by Crippen LogP contribution is -2.53. The highest BCUT2D eigenvalue weighted by Gasteiger charge is 2.53. The third-order valence-electron chi connectivity index (χ3n) is 8.16. The first-order chi connectivity index (χ1) is 17.2. The van der Waals surface area contributed by atoms with Crippen LogP contribution < -0.4 is 15.4 Å². The number of nitrogens with zero attached hydrogens (tertiary/aromatic N) is 1. The first-order valence-electron chi connectivity index (χ1n) is 12.6. The molecule has 36 heavy (non-hydrogen) atoms. The molecule has 1 aromatic heterocycles. The number of anilines is 1. The minimum Gasteiger partial charge on any atom is -0.497 e. The first kappa shape index (κ1) is 26.6. The normalized spacial score (nSPS) is 27.9. The van der Waals surface area contributed by atoms with Crippen molar-refractivity contribution in [2.24, 2.45) is 23.2 Å². The number of ether oxygens (including phenoxy) is 2. The molecule has 2 amide bonds. The predicted molar refractivity (Wildman–Crippen MR) is 140 cm³/mol. The number of hydrogen-bond donors (Lipinski definition) is 3. The van der Waals surface area contributed by atoms with Crippen LogP contribution in [0.25, 0.3) is 0 Å². The molecule has 1 fully saturated rings. The molecule has 4 rings (SSSR count). The lowest BCUT2D eigenvalue weighted by Gasteiger charge is -2.53. The molecule has 196 valence electrons. The summed E-state index contributed by atoms with van der Waals surface area (Å²) >= 11 is 1.52. The highest BCUT2D eigenvalue weighted by atomic mass is 32.1. The highest BCUT2D eigenvalue weighted by molar-refractivity contribution is 7.15. The Balaban J connectivity index is 1.49. The Bertz CT molecular complexity index is 1090. The maximum absolute atomic E-state index is 12.8. The van der Waals surface area contributed by atoms with Crippen molar-refractivity contribution >= 4 is 28.3 Å². The van der Waals surface area contributed by atoms with Crippen molar-refractivity contribution in [1.82, 2.24) is 10.3 Å². The van der Waals surface area contributed by atoms with Gasteiger partial charge in [-0.25, -0.2) is 4.98 Å². The Morgan fingerprint density at radius 2 is 2.00 bits per heavy atom. The average Bonchev–Trinajstić information content (AvgIpc) is 3.25. The number of amides is 2. The van der Waals surface area contributed by atoms with Gasteiger partial charge in [-0.05, 0) is 60.8 Å². The van der Waals surface area contributed by atoms with E-state index in [2.05, 4.69) is 24.5 Å². The molecule has 0 radical (unpaired) electrons. The van der Waals surface area contributed by atoms with Gasteiger partial charge in [0, 0.05) is 35.9 Å². The van der Waals surface area contributed by atoms with E-state index in [0.29, 0.717) is 29.6 Å². The number of hydrogen-bond acceptors (Lipinski definition) is 7. The summed E-state index contributed by atoms with van der Waals surface area (Å²) in [6.45, 7) is 7.20. The van der Waals surface area contributed by atoms with E-state index in [1.54, 1.807) is 38.5 Å². The SMILES string of the molecule is COCCNC(=O)[C@@H](C)[C@H]1CC[C@@]2(C)Cc3sc(NC(=O)c4ccc(OC)cc4)nc3[C@@H](C)[C@@H]2[C@H]1O. The molecule has 0 bridgehead atoms. The summed E-state index contributed by atoms with van der Waals surface area (Å²) in [7, 11) is 3.19. The van der Waals surface area contributed by atoms with Crippen LogP contribution in [-0.2, 0) is 16.0 Å². The number of fused-ring (bicyclic) bond motifs is 2. The van der Waals surface area contributed by atoms with Crippen molar-refractivity contribution in [2.45, 2.75) is 52.1 Å². The molecular formula is C27H37N3O5S. The fourth-order valence-electron chi connectivity index (χ4n) is 6.14. The van der Waals surface area contributed by atoms with Gasteiger partial charge in [0.25, 0.3) is 5.91 Å². The second-order valence-corrected chi connectivity index (χ2v) is 11.5. The van der Waals surface area contributed by atoms with Crippen LogP contribution in [0.4, 0.5) is 5.13 Å². The van der Waals surface area contributed by atoms with Gasteiger partial charge in [0.2, 0.25) is 5.91 Å². The Kier molecular flexibility index (Phi) is 8.02. The maximum atomic E-state index is 12.8. The lowest BCUT2D eigenvalue weighted by atomic mass is 9.53. The molecule has 0 aliphatic heterocycles. The Hall–Kier alpha value is -2.49. The van der Waals surface area contributed by atoms with Crippen LogP contribution >= 0.6 is 11.3 Å². The van der Waals surface area contributed by atoms with Gasteiger partial charge < -0.3 is 19.9 Å². The van der Waals surface area contributed by atoms with Crippen molar-refractivity contribution < 1.29 is 24.2 Å². The van der Waals surface area contributed by atoms with E-state index in [4.69, 9.17) is 14.5 Å². The van der Waals surface area contributed by atoms with E-state index < -0.39 is 6.10 Å². The van der Waals surface area contributed by atoms with E-state index >= 15 is 0 Å². The van der Waals surface area contributed by atoms with E-state index in [1.165, 1.54) is 16.2 Å². The number of carbonyl (C=O) groups excluding carboxylic acids is 2. The fourth-order valence-corrected chi connectivity index (χ4v) is 7.40. The number of rotatable bonds is 8. The second kappa shape index (κ2) is 10.9. The Labute approximate surface area is 216 Å². The van der Waals surface area contributed by atoms with E-state index in [0.717, 1.165) is 25.0 Å². The van der Waals surface area contributed by atoms with E-state index in [1.807, 2.05) is 6.92 Å². The number of nitrogens with one attached hydrogen (secondary N) is 2. The Morgan fingerprint density at radius 3 is 2.67 bits per heavy atom. The van der Waals surface area contributed by atoms with Crippen molar-refractivity contribution in [3.63, 3.8) is 0 Å². The van der Waals surface area contributed by atoms with Gasteiger partial charge in [0.1, 0.15) is 5.75 Å². The molecule has 2 aliphatic carbocycles. The highest BCUT2D eigenvalue weighted by Crippen LogP contribution is 2.57. The number of methoxy groups -OCH3 is 2. The average molecular weight is 516 g/mol. The van der Waals surface area contributed by atoms with Crippen LogP contribution in [0.2, 0.25) is 0 Å². The van der Waals surface area contributed by atoms with Crippen molar-refractivity contribution in [1.29, 1.82) is 0 Å². The van der Waals surface area contributed by atoms with Crippen LogP contribution in [0, 0.1) is 23.2 Å². The van der Waals surface area contributed by atoms with E-state index in [-0.39, 0.29) is 40.9 Å². The minimum absolute atomic E-state index is 0.00906. The number of aliphatic hydroxyl groups excluding tert-OH is 1. The minimum atomic E-state index is -0.603. The van der Waals surface area contributed by atoms with Crippen LogP contribution in [-0.4, -0.2) is 55.4 Å². The zero-order chi connectivity index (χ0) is 26.0. The summed E-state index contributed by atoms with van der Waals surface area (Å²) in [5, 5.41) is 18.0. The molecule has 2 aromatic rings. The van der Waals surface area contributed by atoms with Gasteiger partial charge >= 0.3 is 0 Å². The summed E-state index contributed by atoms with van der Waals surface area (Å²) in [5.41, 5.74) is 1.40. The summed E-state index contributed by atoms with van der Waals surface area (Å²) in [4.78, 5) is 31.5. The molecule has 1 heterocycles. The number of aromatic nitrogens is 1. The van der Waals surface area contributed by atoms with Crippen molar-refractivity contribution in [3.8, 4) is 5.75 Å². The number of aliphatic hydroxyl groups is 1.